The Hall–Kier alpha value is -2.66. The SMILES string of the molecule is CC(C)[Si](C#C/C=C(/c1cc(C(F)(F)F)cc(C(F)(F)F)c1)c1ccccc1O)(C(C)C)C(C)C. The number of allylic oxidation sites excluding steroid dienone is 1. The molecule has 0 radical (unpaired) electrons. The zero-order chi connectivity index (χ0) is 26.8. The fourth-order valence-electron chi connectivity index (χ4n) is 4.79. The zero-order valence-electron chi connectivity index (χ0n) is 20.6. The van der Waals surface area contributed by atoms with Gasteiger partial charge in [-0.15, -0.1) is 5.54 Å². The maximum absolute atomic E-state index is 13.5. The van der Waals surface area contributed by atoms with Crippen LogP contribution in [0.5, 0.6) is 5.75 Å². The van der Waals surface area contributed by atoms with Crippen molar-refractivity contribution in [1.82, 2.24) is 0 Å². The number of phenolic OH excluding ortho intramolecular Hbond substituents is 1. The Morgan fingerprint density at radius 1 is 0.800 bits per heavy atom. The third-order valence-electron chi connectivity index (χ3n) is 6.46. The standard InChI is InChI=1S/C27H30F6OSi/c1-17(2)35(18(3)4,19(5)6)13-9-11-23(24-10-7-8-12-25(24)34)20-14-21(26(28,29)30)16-22(15-20)27(31,32)33/h7-8,10-12,14-19,34H,1-6H3/b23-11-. The Labute approximate surface area is 203 Å². The van der Waals surface area contributed by atoms with Gasteiger partial charge in [-0.2, -0.15) is 26.3 Å². The lowest BCUT2D eigenvalue weighted by Gasteiger charge is -2.38. The van der Waals surface area contributed by atoms with Crippen LogP contribution >= 0.6 is 0 Å². The lowest BCUT2D eigenvalue weighted by Crippen LogP contribution is -2.43. The predicted octanol–water partition coefficient (Wildman–Crippen LogP) is 9.08. The summed E-state index contributed by atoms with van der Waals surface area (Å²) in [6, 6.07) is 7.23. The van der Waals surface area contributed by atoms with Crippen LogP contribution in [0.3, 0.4) is 0 Å². The summed E-state index contributed by atoms with van der Waals surface area (Å²) < 4.78 is 81.0. The van der Waals surface area contributed by atoms with Gasteiger partial charge in [0.05, 0.1) is 11.1 Å². The summed E-state index contributed by atoms with van der Waals surface area (Å²) in [5.41, 5.74) is 1.15. The Kier molecular flexibility index (Phi) is 8.60. The maximum Gasteiger partial charge on any atom is 0.416 e. The number of hydrogen-bond donors (Lipinski definition) is 1. The molecule has 0 fully saturated rings. The molecule has 35 heavy (non-hydrogen) atoms. The van der Waals surface area contributed by atoms with Crippen LogP contribution in [0.4, 0.5) is 26.3 Å². The molecule has 0 unspecified atom stereocenters. The molecule has 0 aliphatic heterocycles. The lowest BCUT2D eigenvalue weighted by molar-refractivity contribution is -0.143. The Morgan fingerprint density at radius 3 is 1.66 bits per heavy atom. The first-order valence-electron chi connectivity index (χ1n) is 11.3. The molecule has 0 aromatic heterocycles. The van der Waals surface area contributed by atoms with Crippen molar-refractivity contribution in [3.63, 3.8) is 0 Å². The highest BCUT2D eigenvalue weighted by Crippen LogP contribution is 2.42. The summed E-state index contributed by atoms with van der Waals surface area (Å²) in [6.07, 6.45) is -8.64. The number of aromatic hydroxyl groups is 1. The van der Waals surface area contributed by atoms with E-state index in [1.54, 1.807) is 6.07 Å². The fraction of sp³-hybridized carbons (Fsp3) is 0.407. The van der Waals surface area contributed by atoms with E-state index in [0.717, 1.165) is 0 Å². The van der Waals surface area contributed by atoms with Crippen LogP contribution in [-0.2, 0) is 12.4 Å². The summed E-state index contributed by atoms with van der Waals surface area (Å²) in [5, 5.41) is 10.4. The van der Waals surface area contributed by atoms with Gasteiger partial charge in [-0.05, 0) is 52.5 Å². The molecule has 2 aromatic carbocycles. The van der Waals surface area contributed by atoms with E-state index < -0.39 is 31.6 Å². The molecular weight excluding hydrogens is 482 g/mol. The minimum atomic E-state index is -4.99. The van der Waals surface area contributed by atoms with Gasteiger partial charge in [0, 0.05) is 11.1 Å². The van der Waals surface area contributed by atoms with E-state index in [1.807, 2.05) is 0 Å². The van der Waals surface area contributed by atoms with Crippen molar-refractivity contribution in [3.8, 4) is 17.2 Å². The van der Waals surface area contributed by atoms with Crippen molar-refractivity contribution < 1.29 is 31.4 Å². The summed E-state index contributed by atoms with van der Waals surface area (Å²) in [6.45, 7) is 12.6. The number of rotatable bonds is 5. The van der Waals surface area contributed by atoms with Gasteiger partial charge < -0.3 is 5.11 Å². The molecular formula is C27H30F6OSi. The van der Waals surface area contributed by atoms with Crippen molar-refractivity contribution in [2.45, 2.75) is 70.5 Å². The van der Waals surface area contributed by atoms with Gasteiger partial charge in [0.15, 0.2) is 0 Å². The molecule has 0 saturated heterocycles. The first-order chi connectivity index (χ1) is 16.0. The quantitative estimate of drug-likeness (QED) is 0.241. The van der Waals surface area contributed by atoms with Crippen molar-refractivity contribution in [3.05, 3.63) is 70.8 Å². The van der Waals surface area contributed by atoms with Gasteiger partial charge in [0.1, 0.15) is 13.8 Å². The minimum Gasteiger partial charge on any atom is -0.507 e. The molecule has 0 bridgehead atoms. The molecule has 0 heterocycles. The van der Waals surface area contributed by atoms with Crippen LogP contribution in [0.1, 0.15) is 63.8 Å². The first kappa shape index (κ1) is 28.6. The molecule has 190 valence electrons. The smallest absolute Gasteiger partial charge is 0.416 e. The lowest BCUT2D eigenvalue weighted by atomic mass is 9.93. The molecule has 0 atom stereocenters. The average molecular weight is 513 g/mol. The van der Waals surface area contributed by atoms with E-state index in [1.165, 1.54) is 24.3 Å². The van der Waals surface area contributed by atoms with Crippen LogP contribution in [0, 0.1) is 11.5 Å². The Bertz CT molecular complexity index is 1080. The highest BCUT2D eigenvalue weighted by molar-refractivity contribution is 6.90. The van der Waals surface area contributed by atoms with Crippen molar-refractivity contribution in [2.24, 2.45) is 0 Å². The van der Waals surface area contributed by atoms with E-state index in [2.05, 4.69) is 53.0 Å². The van der Waals surface area contributed by atoms with Crippen LogP contribution in [0.2, 0.25) is 16.6 Å². The van der Waals surface area contributed by atoms with E-state index >= 15 is 0 Å². The second-order valence-electron chi connectivity index (χ2n) is 9.54. The normalized spacial score (nSPS) is 13.4. The molecule has 0 amide bonds. The van der Waals surface area contributed by atoms with Crippen LogP contribution < -0.4 is 0 Å². The summed E-state index contributed by atoms with van der Waals surface area (Å²) in [7, 11) is -2.22. The van der Waals surface area contributed by atoms with Gasteiger partial charge in [0.25, 0.3) is 0 Å². The maximum atomic E-state index is 13.5. The highest BCUT2D eigenvalue weighted by atomic mass is 28.3. The first-order valence-corrected chi connectivity index (χ1v) is 13.6. The monoisotopic (exact) mass is 512 g/mol. The van der Waals surface area contributed by atoms with Crippen molar-refractivity contribution >= 4 is 13.6 Å². The van der Waals surface area contributed by atoms with Crippen molar-refractivity contribution in [1.29, 1.82) is 0 Å². The molecule has 1 nitrogen and oxygen atoms in total. The predicted molar refractivity (Wildman–Crippen MR) is 130 cm³/mol. The molecule has 0 spiro atoms. The van der Waals surface area contributed by atoms with Crippen LogP contribution in [0.25, 0.3) is 5.57 Å². The third-order valence-corrected chi connectivity index (χ3v) is 12.8. The molecule has 2 rings (SSSR count). The summed E-state index contributed by atoms with van der Waals surface area (Å²) in [4.78, 5) is 0. The van der Waals surface area contributed by atoms with E-state index in [-0.39, 0.29) is 45.1 Å². The van der Waals surface area contributed by atoms with Crippen LogP contribution in [0.15, 0.2) is 48.5 Å². The van der Waals surface area contributed by atoms with Gasteiger partial charge in [0.2, 0.25) is 0 Å². The molecule has 8 heteroatoms. The van der Waals surface area contributed by atoms with Crippen molar-refractivity contribution in [2.75, 3.05) is 0 Å². The van der Waals surface area contributed by atoms with E-state index in [4.69, 9.17) is 0 Å². The van der Waals surface area contributed by atoms with Gasteiger partial charge in [-0.3, -0.25) is 0 Å². The van der Waals surface area contributed by atoms with Gasteiger partial charge in [-0.1, -0.05) is 65.7 Å². The number of benzene rings is 2. The second-order valence-corrected chi connectivity index (χ2v) is 15.1. The summed E-state index contributed by atoms with van der Waals surface area (Å²) >= 11 is 0. The molecule has 0 aliphatic carbocycles. The zero-order valence-corrected chi connectivity index (χ0v) is 21.6. The average Bonchev–Trinajstić information content (AvgIpc) is 2.72. The van der Waals surface area contributed by atoms with E-state index in [0.29, 0.717) is 12.1 Å². The number of halogens is 6. The summed E-state index contributed by atoms with van der Waals surface area (Å²) in [5.74, 6) is 2.72. The number of hydrogen-bond acceptors (Lipinski definition) is 1. The van der Waals surface area contributed by atoms with Crippen LogP contribution in [-0.4, -0.2) is 13.2 Å². The second kappa shape index (κ2) is 10.5. The Balaban J connectivity index is 2.89. The highest BCUT2D eigenvalue weighted by Gasteiger charge is 2.41. The molecule has 0 saturated carbocycles. The fourth-order valence-corrected chi connectivity index (χ4v) is 9.98. The third kappa shape index (κ3) is 6.32. The molecule has 0 aliphatic rings. The van der Waals surface area contributed by atoms with Gasteiger partial charge in [-0.25, -0.2) is 0 Å². The number of para-hydroxylation sites is 1. The largest absolute Gasteiger partial charge is 0.507 e. The topological polar surface area (TPSA) is 20.2 Å². The minimum absolute atomic E-state index is 0.00799. The van der Waals surface area contributed by atoms with Gasteiger partial charge >= 0.3 is 12.4 Å². The molecule has 1 N–H and O–H groups in total. The van der Waals surface area contributed by atoms with E-state index in [9.17, 15) is 31.4 Å². The number of phenols is 1. The Morgan fingerprint density at radius 2 is 1.26 bits per heavy atom. The molecule has 2 aromatic rings. The number of alkyl halides is 6.